The monoisotopic (exact) mass is 375 g/mol. The number of ether oxygens (including phenoxy) is 2. The van der Waals surface area contributed by atoms with E-state index in [1.165, 1.54) is 11.8 Å². The lowest BCUT2D eigenvalue weighted by atomic mass is 10.1. The van der Waals surface area contributed by atoms with Gasteiger partial charge >= 0.3 is 5.97 Å². The standard InChI is InChI=1S/C14H18BrNO4S/c1-14(2,12(16)13(17)18)21-7-8-5-10-11(6-9(8)15)20-4-3-19-10/h5-6,12H,3-4,7,16H2,1-2H3,(H,17,18)/t12-/m0/s1. The molecule has 0 spiro atoms. The first-order valence-corrected chi connectivity index (χ1v) is 8.29. The molecular weight excluding hydrogens is 358 g/mol. The zero-order valence-electron chi connectivity index (χ0n) is 11.9. The minimum Gasteiger partial charge on any atom is -0.486 e. The van der Waals surface area contributed by atoms with Crippen molar-refractivity contribution >= 4 is 33.7 Å². The van der Waals surface area contributed by atoms with E-state index in [-0.39, 0.29) is 0 Å². The minimum absolute atomic E-state index is 0.538. The Balaban J connectivity index is 2.11. The number of carboxylic acids is 1. The maximum absolute atomic E-state index is 11.0. The van der Waals surface area contributed by atoms with Crippen LogP contribution in [0.25, 0.3) is 0 Å². The third-order valence-corrected chi connectivity index (χ3v) is 5.52. The van der Waals surface area contributed by atoms with E-state index in [1.54, 1.807) is 0 Å². The number of hydrogen-bond donors (Lipinski definition) is 2. The first-order valence-electron chi connectivity index (χ1n) is 6.51. The number of aliphatic carboxylic acids is 1. The van der Waals surface area contributed by atoms with Crippen LogP contribution in [0.5, 0.6) is 11.5 Å². The van der Waals surface area contributed by atoms with Crippen molar-refractivity contribution in [1.82, 2.24) is 0 Å². The van der Waals surface area contributed by atoms with Crippen LogP contribution in [0.3, 0.4) is 0 Å². The zero-order valence-corrected chi connectivity index (χ0v) is 14.3. The van der Waals surface area contributed by atoms with Crippen molar-refractivity contribution in [3.63, 3.8) is 0 Å². The van der Waals surface area contributed by atoms with Gasteiger partial charge in [0.1, 0.15) is 19.3 Å². The average molecular weight is 376 g/mol. The molecule has 1 aromatic carbocycles. The Hall–Kier alpha value is -0.920. The van der Waals surface area contributed by atoms with E-state index >= 15 is 0 Å². The van der Waals surface area contributed by atoms with E-state index in [1.807, 2.05) is 26.0 Å². The molecule has 0 unspecified atom stereocenters. The summed E-state index contributed by atoms with van der Waals surface area (Å²) in [6.07, 6.45) is 0. The zero-order chi connectivity index (χ0) is 15.6. The molecule has 1 aliphatic rings. The lowest BCUT2D eigenvalue weighted by molar-refractivity contribution is -0.139. The molecule has 3 N–H and O–H groups in total. The number of nitrogens with two attached hydrogens (primary N) is 1. The van der Waals surface area contributed by atoms with E-state index in [9.17, 15) is 4.79 Å². The van der Waals surface area contributed by atoms with Gasteiger partial charge in [0.2, 0.25) is 0 Å². The molecule has 0 fully saturated rings. The van der Waals surface area contributed by atoms with E-state index < -0.39 is 16.8 Å². The maximum atomic E-state index is 11.0. The summed E-state index contributed by atoms with van der Waals surface area (Å²) in [5.41, 5.74) is 6.75. The van der Waals surface area contributed by atoms with Crippen molar-refractivity contribution < 1.29 is 19.4 Å². The van der Waals surface area contributed by atoms with Crippen LogP contribution in [-0.4, -0.2) is 35.1 Å². The quantitative estimate of drug-likeness (QED) is 0.822. The van der Waals surface area contributed by atoms with Crippen LogP contribution in [0.1, 0.15) is 19.4 Å². The van der Waals surface area contributed by atoms with Gasteiger partial charge < -0.3 is 20.3 Å². The van der Waals surface area contributed by atoms with Crippen LogP contribution < -0.4 is 15.2 Å². The molecule has 0 radical (unpaired) electrons. The summed E-state index contributed by atoms with van der Waals surface area (Å²) >= 11 is 5.01. The number of halogens is 1. The van der Waals surface area contributed by atoms with Gasteiger partial charge in [0.05, 0.1) is 0 Å². The second kappa shape index (κ2) is 6.46. The first kappa shape index (κ1) is 16.5. The summed E-state index contributed by atoms with van der Waals surface area (Å²) in [4.78, 5) is 11.0. The normalized spacial score (nSPS) is 15.6. The summed E-state index contributed by atoms with van der Waals surface area (Å²) in [6, 6.07) is 2.89. The minimum atomic E-state index is -0.992. The number of fused-ring (bicyclic) bond motifs is 1. The largest absolute Gasteiger partial charge is 0.486 e. The Bertz CT molecular complexity index is 550. The van der Waals surface area contributed by atoms with Gasteiger partial charge in [0.15, 0.2) is 11.5 Å². The Labute approximate surface area is 136 Å². The molecule has 0 amide bonds. The highest BCUT2D eigenvalue weighted by atomic mass is 79.9. The number of carboxylic acid groups (broad SMARTS) is 1. The Kier molecular flexibility index (Phi) is 5.06. The lowest BCUT2D eigenvalue weighted by Gasteiger charge is -2.28. The number of thioether (sulfide) groups is 1. The molecule has 0 aromatic heterocycles. The highest BCUT2D eigenvalue weighted by Crippen LogP contribution is 2.39. The van der Waals surface area contributed by atoms with Crippen LogP contribution in [0, 0.1) is 0 Å². The third kappa shape index (κ3) is 3.84. The molecule has 0 aliphatic carbocycles. The highest BCUT2D eigenvalue weighted by molar-refractivity contribution is 9.10. The fraction of sp³-hybridized carbons (Fsp3) is 0.500. The number of hydrogen-bond acceptors (Lipinski definition) is 5. The van der Waals surface area contributed by atoms with Crippen molar-refractivity contribution in [3.05, 3.63) is 22.2 Å². The average Bonchev–Trinajstić information content (AvgIpc) is 2.44. The van der Waals surface area contributed by atoms with Gasteiger partial charge in [-0.3, -0.25) is 4.79 Å². The molecule has 1 aliphatic heterocycles. The molecular formula is C14H18BrNO4S. The number of rotatable bonds is 5. The van der Waals surface area contributed by atoms with Crippen LogP contribution >= 0.6 is 27.7 Å². The molecule has 116 valence electrons. The van der Waals surface area contributed by atoms with Crippen molar-refractivity contribution in [1.29, 1.82) is 0 Å². The molecule has 2 rings (SSSR count). The van der Waals surface area contributed by atoms with E-state index in [0.29, 0.717) is 19.0 Å². The van der Waals surface area contributed by atoms with E-state index in [0.717, 1.165) is 21.5 Å². The predicted molar refractivity (Wildman–Crippen MR) is 86.1 cm³/mol. The Morgan fingerprint density at radius 2 is 2.00 bits per heavy atom. The molecule has 7 heteroatoms. The van der Waals surface area contributed by atoms with Crippen LogP contribution in [0.15, 0.2) is 16.6 Å². The summed E-state index contributed by atoms with van der Waals surface area (Å²) in [6.45, 7) is 4.76. The third-order valence-electron chi connectivity index (χ3n) is 3.33. The Morgan fingerprint density at radius 3 is 2.57 bits per heavy atom. The van der Waals surface area contributed by atoms with Crippen LogP contribution in [-0.2, 0) is 10.5 Å². The SMILES string of the molecule is CC(C)(SCc1cc2c(cc1Br)OCCO2)[C@@H](N)C(=O)O. The van der Waals surface area contributed by atoms with Gasteiger partial charge in [-0.05, 0) is 31.5 Å². The van der Waals surface area contributed by atoms with Gasteiger partial charge in [0, 0.05) is 15.0 Å². The topological polar surface area (TPSA) is 81.8 Å². The van der Waals surface area contributed by atoms with Gasteiger partial charge in [0.25, 0.3) is 0 Å². The Morgan fingerprint density at radius 1 is 1.43 bits per heavy atom. The highest BCUT2D eigenvalue weighted by Gasteiger charge is 2.32. The summed E-state index contributed by atoms with van der Waals surface area (Å²) in [5.74, 6) is 1.09. The summed E-state index contributed by atoms with van der Waals surface area (Å²) in [7, 11) is 0. The van der Waals surface area contributed by atoms with Crippen LogP contribution in [0.4, 0.5) is 0 Å². The second-order valence-electron chi connectivity index (χ2n) is 5.30. The predicted octanol–water partition coefficient (Wildman–Crippen LogP) is 2.64. The smallest absolute Gasteiger partial charge is 0.321 e. The molecule has 0 bridgehead atoms. The van der Waals surface area contributed by atoms with Gasteiger partial charge in [-0.2, -0.15) is 0 Å². The molecule has 1 atom stereocenters. The molecule has 5 nitrogen and oxygen atoms in total. The van der Waals surface area contributed by atoms with E-state index in [2.05, 4.69) is 15.9 Å². The van der Waals surface area contributed by atoms with Gasteiger partial charge in [-0.1, -0.05) is 15.9 Å². The fourth-order valence-corrected chi connectivity index (χ4v) is 3.56. The molecule has 0 saturated heterocycles. The summed E-state index contributed by atoms with van der Waals surface area (Å²) in [5, 5.41) is 9.04. The molecule has 1 aromatic rings. The van der Waals surface area contributed by atoms with Gasteiger partial charge in [-0.15, -0.1) is 11.8 Å². The van der Waals surface area contributed by atoms with Gasteiger partial charge in [-0.25, -0.2) is 0 Å². The maximum Gasteiger partial charge on any atom is 0.321 e. The molecule has 1 heterocycles. The summed E-state index contributed by atoms with van der Waals surface area (Å²) < 4.78 is 11.4. The first-order chi connectivity index (χ1) is 9.81. The van der Waals surface area contributed by atoms with Crippen molar-refractivity contribution in [2.45, 2.75) is 30.4 Å². The second-order valence-corrected chi connectivity index (χ2v) is 7.78. The lowest BCUT2D eigenvalue weighted by Crippen LogP contribution is -2.46. The fourth-order valence-electron chi connectivity index (χ4n) is 1.87. The van der Waals surface area contributed by atoms with Crippen molar-refractivity contribution in [2.75, 3.05) is 13.2 Å². The number of benzene rings is 1. The molecule has 0 saturated carbocycles. The molecule has 21 heavy (non-hydrogen) atoms. The van der Waals surface area contributed by atoms with E-state index in [4.69, 9.17) is 20.3 Å². The van der Waals surface area contributed by atoms with Crippen LogP contribution in [0.2, 0.25) is 0 Å². The number of carbonyl (C=O) groups is 1. The van der Waals surface area contributed by atoms with Crippen molar-refractivity contribution in [2.24, 2.45) is 5.73 Å². The van der Waals surface area contributed by atoms with Crippen molar-refractivity contribution in [3.8, 4) is 11.5 Å².